The summed E-state index contributed by atoms with van der Waals surface area (Å²) in [5.41, 5.74) is 0.330. The van der Waals surface area contributed by atoms with Crippen LogP contribution in [0.25, 0.3) is 0 Å². The van der Waals surface area contributed by atoms with Crippen molar-refractivity contribution < 1.29 is 4.79 Å². The molecular weight excluding hydrogens is 431 g/mol. The molecule has 1 aliphatic heterocycles. The Hall–Kier alpha value is -1.48. The summed E-state index contributed by atoms with van der Waals surface area (Å²) in [6, 6.07) is 8.69. The van der Waals surface area contributed by atoms with Crippen LogP contribution in [-0.4, -0.2) is 49.1 Å². The molecule has 1 aromatic carbocycles. The minimum absolute atomic E-state index is 0.0369. The molecule has 1 N–H and O–H groups in total. The molecule has 1 heterocycles. The van der Waals surface area contributed by atoms with Gasteiger partial charge in [-0.25, -0.2) is 0 Å². The summed E-state index contributed by atoms with van der Waals surface area (Å²) < 4.78 is 0. The molecule has 3 aliphatic rings. The van der Waals surface area contributed by atoms with Gasteiger partial charge in [-0.15, -0.1) is 0 Å². The van der Waals surface area contributed by atoms with E-state index in [9.17, 15) is 10.1 Å². The van der Waals surface area contributed by atoms with E-state index in [-0.39, 0.29) is 11.9 Å². The van der Waals surface area contributed by atoms with Crippen LogP contribution in [0.1, 0.15) is 51.9 Å². The van der Waals surface area contributed by atoms with Gasteiger partial charge in [0, 0.05) is 31.7 Å². The number of halogens is 2. The molecule has 0 radical (unpaired) electrons. The summed E-state index contributed by atoms with van der Waals surface area (Å²) in [4.78, 5) is 17.2. The Bertz CT molecular complexity index is 842. The number of hydrogen-bond acceptors (Lipinski definition) is 4. The Morgan fingerprint density at radius 1 is 1.23 bits per heavy atom. The highest BCUT2D eigenvalue weighted by molar-refractivity contribution is 6.43. The van der Waals surface area contributed by atoms with Crippen molar-refractivity contribution in [1.82, 2.24) is 10.2 Å². The van der Waals surface area contributed by atoms with E-state index in [0.29, 0.717) is 16.1 Å². The molecule has 0 aromatic heterocycles. The molecule has 4 rings (SSSR count). The van der Waals surface area contributed by atoms with E-state index < -0.39 is 5.41 Å². The van der Waals surface area contributed by atoms with Crippen molar-refractivity contribution in [3.8, 4) is 6.07 Å². The maximum atomic E-state index is 12.3. The zero-order valence-electron chi connectivity index (χ0n) is 18.2. The van der Waals surface area contributed by atoms with Crippen LogP contribution in [-0.2, 0) is 4.79 Å². The first kappa shape index (κ1) is 22.7. The first-order valence-electron chi connectivity index (χ1n) is 11.6. The number of rotatable bonds is 6. The number of anilines is 1. The Kier molecular flexibility index (Phi) is 7.01. The average molecular weight is 463 g/mol. The van der Waals surface area contributed by atoms with Gasteiger partial charge in [-0.2, -0.15) is 5.26 Å². The highest BCUT2D eigenvalue weighted by Crippen LogP contribution is 2.45. The minimum Gasteiger partial charge on any atom is -0.365 e. The molecule has 0 bridgehead atoms. The minimum atomic E-state index is -0.703. The van der Waals surface area contributed by atoms with Crippen LogP contribution in [0.2, 0.25) is 10.0 Å². The van der Waals surface area contributed by atoms with Gasteiger partial charge in [-0.1, -0.05) is 29.3 Å². The number of nitrogens with one attached hydrogen (secondary N) is 1. The zero-order valence-corrected chi connectivity index (χ0v) is 19.8. The fraction of sp³-hybridized carbons (Fsp3) is 0.667. The van der Waals surface area contributed by atoms with Gasteiger partial charge in [0.25, 0.3) is 0 Å². The molecule has 31 heavy (non-hydrogen) atoms. The summed E-state index contributed by atoms with van der Waals surface area (Å²) >= 11 is 12.7. The second-order valence-electron chi connectivity index (χ2n) is 9.59. The van der Waals surface area contributed by atoms with Crippen LogP contribution < -0.4 is 10.2 Å². The molecule has 168 valence electrons. The van der Waals surface area contributed by atoms with Crippen LogP contribution in [0.4, 0.5) is 5.69 Å². The van der Waals surface area contributed by atoms with Crippen molar-refractivity contribution >= 4 is 34.8 Å². The van der Waals surface area contributed by atoms with E-state index >= 15 is 0 Å². The maximum Gasteiger partial charge on any atom is 0.240 e. The lowest BCUT2D eigenvalue weighted by molar-refractivity contribution is -0.125. The lowest BCUT2D eigenvalue weighted by atomic mass is 9.83. The van der Waals surface area contributed by atoms with Gasteiger partial charge < -0.3 is 10.2 Å². The molecule has 0 spiro atoms. The number of hydrogen-bond donors (Lipinski definition) is 1. The lowest BCUT2D eigenvalue weighted by Gasteiger charge is -2.42. The molecule has 0 unspecified atom stereocenters. The molecule has 5 nitrogen and oxygen atoms in total. The monoisotopic (exact) mass is 462 g/mol. The van der Waals surface area contributed by atoms with Crippen LogP contribution in [0.5, 0.6) is 0 Å². The van der Waals surface area contributed by atoms with Gasteiger partial charge in [-0.05, 0) is 76.5 Å². The maximum absolute atomic E-state index is 12.3. The Labute approximate surface area is 195 Å². The SMILES string of the molecule is C[C@@H]1CN(CC[C@H]2CC[C@H](NC(=O)C3(C#N)CC3)CC2)CCN1c1cccc(Cl)c1Cl. The zero-order chi connectivity index (χ0) is 22.0. The smallest absolute Gasteiger partial charge is 0.240 e. The number of piperazine rings is 1. The van der Waals surface area contributed by atoms with Gasteiger partial charge in [0.1, 0.15) is 5.41 Å². The van der Waals surface area contributed by atoms with Crippen molar-refractivity contribution in [2.75, 3.05) is 31.1 Å². The van der Waals surface area contributed by atoms with Crippen molar-refractivity contribution in [1.29, 1.82) is 5.26 Å². The molecule has 1 aromatic rings. The second kappa shape index (κ2) is 9.57. The molecule has 1 saturated heterocycles. The normalized spacial score (nSPS) is 28.1. The predicted octanol–water partition coefficient (Wildman–Crippen LogP) is 4.87. The van der Waals surface area contributed by atoms with E-state index in [2.05, 4.69) is 34.2 Å². The summed E-state index contributed by atoms with van der Waals surface area (Å²) in [6.45, 7) is 6.41. The Morgan fingerprint density at radius 2 is 1.97 bits per heavy atom. The topological polar surface area (TPSA) is 59.4 Å². The third-order valence-corrected chi connectivity index (χ3v) is 8.20. The molecule has 1 amide bonds. The highest BCUT2D eigenvalue weighted by Gasteiger charge is 2.51. The van der Waals surface area contributed by atoms with Crippen LogP contribution in [0, 0.1) is 22.7 Å². The Morgan fingerprint density at radius 3 is 2.61 bits per heavy atom. The van der Waals surface area contributed by atoms with Crippen molar-refractivity contribution in [2.45, 2.75) is 64.0 Å². The van der Waals surface area contributed by atoms with E-state index in [1.165, 1.54) is 6.42 Å². The molecule has 2 saturated carbocycles. The van der Waals surface area contributed by atoms with Crippen LogP contribution >= 0.6 is 23.2 Å². The van der Waals surface area contributed by atoms with Crippen LogP contribution in [0.3, 0.4) is 0 Å². The van der Waals surface area contributed by atoms with Gasteiger partial charge in [-0.3, -0.25) is 9.69 Å². The third kappa shape index (κ3) is 5.13. The summed E-state index contributed by atoms with van der Waals surface area (Å²) in [7, 11) is 0. The lowest BCUT2D eigenvalue weighted by Crippen LogP contribution is -2.52. The first-order valence-corrected chi connectivity index (χ1v) is 12.3. The van der Waals surface area contributed by atoms with E-state index in [1.54, 1.807) is 0 Å². The van der Waals surface area contributed by atoms with Crippen molar-refractivity contribution in [3.63, 3.8) is 0 Å². The fourth-order valence-corrected chi connectivity index (χ4v) is 5.51. The van der Waals surface area contributed by atoms with Gasteiger partial charge >= 0.3 is 0 Å². The van der Waals surface area contributed by atoms with Gasteiger partial charge in [0.15, 0.2) is 0 Å². The molecule has 3 fully saturated rings. The third-order valence-electron chi connectivity index (χ3n) is 7.39. The molecular formula is C24H32Cl2N4O. The number of amides is 1. The number of nitriles is 1. The van der Waals surface area contributed by atoms with E-state index in [1.807, 2.05) is 12.1 Å². The molecule has 7 heteroatoms. The van der Waals surface area contributed by atoms with Crippen molar-refractivity contribution in [3.05, 3.63) is 28.2 Å². The largest absolute Gasteiger partial charge is 0.365 e. The number of carbonyl (C=O) groups excluding carboxylic acids is 1. The van der Waals surface area contributed by atoms with E-state index in [0.717, 1.165) is 76.3 Å². The standard InChI is InChI=1S/C24H32Cl2N4O/c1-17-15-29(13-14-30(17)21-4-2-3-20(25)22(21)26)12-9-18-5-7-19(8-6-18)28-23(31)24(16-27)10-11-24/h2-4,17-19H,5-15H2,1H3,(H,28,31)/t17-,18-,19-/m1/s1. The second-order valence-corrected chi connectivity index (χ2v) is 10.4. The Balaban J connectivity index is 1.19. The first-order chi connectivity index (χ1) is 14.9. The predicted molar refractivity (Wildman–Crippen MR) is 125 cm³/mol. The molecule has 1 atom stereocenters. The summed E-state index contributed by atoms with van der Waals surface area (Å²) in [6.07, 6.45) is 7.06. The number of nitrogens with zero attached hydrogens (tertiary/aromatic N) is 3. The van der Waals surface area contributed by atoms with Gasteiger partial charge in [0.2, 0.25) is 5.91 Å². The van der Waals surface area contributed by atoms with E-state index in [4.69, 9.17) is 23.2 Å². The number of benzene rings is 1. The fourth-order valence-electron chi connectivity index (χ4n) is 5.11. The van der Waals surface area contributed by atoms with Crippen LogP contribution in [0.15, 0.2) is 18.2 Å². The van der Waals surface area contributed by atoms with Crippen molar-refractivity contribution in [2.24, 2.45) is 11.3 Å². The molecule has 2 aliphatic carbocycles. The summed E-state index contributed by atoms with van der Waals surface area (Å²) in [5, 5.41) is 13.6. The number of carbonyl (C=O) groups is 1. The van der Waals surface area contributed by atoms with Gasteiger partial charge in [0.05, 0.1) is 21.8 Å². The highest BCUT2D eigenvalue weighted by atomic mass is 35.5. The average Bonchev–Trinajstić information content (AvgIpc) is 3.57. The summed E-state index contributed by atoms with van der Waals surface area (Å²) in [5.74, 6) is 0.694. The quantitative estimate of drug-likeness (QED) is 0.654.